The summed E-state index contributed by atoms with van der Waals surface area (Å²) in [5.74, 6) is -1.10. The molecule has 0 amide bonds. The van der Waals surface area contributed by atoms with Crippen molar-refractivity contribution >= 4 is 16.0 Å². The van der Waals surface area contributed by atoms with Gasteiger partial charge in [0.05, 0.1) is 30.6 Å². The molecule has 6 nitrogen and oxygen atoms in total. The number of hydrogen-bond acceptors (Lipinski definition) is 5. The van der Waals surface area contributed by atoms with Crippen molar-refractivity contribution in [3.63, 3.8) is 0 Å². The van der Waals surface area contributed by atoms with Gasteiger partial charge in [-0.25, -0.2) is 13.1 Å². The Morgan fingerprint density at radius 2 is 2.15 bits per heavy atom. The van der Waals surface area contributed by atoms with E-state index in [0.29, 0.717) is 6.42 Å². The van der Waals surface area contributed by atoms with E-state index in [1.165, 1.54) is 0 Å². The van der Waals surface area contributed by atoms with Crippen LogP contribution in [0.1, 0.15) is 13.3 Å². The lowest BCUT2D eigenvalue weighted by Gasteiger charge is -2.24. The number of rotatable bonds is 7. The average Bonchev–Trinajstić information content (AvgIpc) is 2.97. The molecule has 0 saturated carbocycles. The van der Waals surface area contributed by atoms with Gasteiger partial charge in [-0.2, -0.15) is 0 Å². The first-order valence-corrected chi connectivity index (χ1v) is 8.25. The van der Waals surface area contributed by atoms with E-state index >= 15 is 0 Å². The normalized spacial score (nSPS) is 31.4. The van der Waals surface area contributed by atoms with Gasteiger partial charge in [-0.05, 0) is 13.3 Å². The zero-order valence-corrected chi connectivity index (χ0v) is 12.1. The topological polar surface area (TPSA) is 81.7 Å². The Labute approximate surface area is 118 Å². The van der Waals surface area contributed by atoms with Crippen LogP contribution >= 0.6 is 0 Å². The third kappa shape index (κ3) is 3.11. The zero-order valence-electron chi connectivity index (χ0n) is 11.3. The minimum absolute atomic E-state index is 0.0519. The molecule has 2 rings (SSSR count). The van der Waals surface area contributed by atoms with Crippen LogP contribution in [-0.2, 0) is 24.3 Å². The Balaban J connectivity index is 2.10. The highest BCUT2D eigenvalue weighted by Crippen LogP contribution is 2.35. The van der Waals surface area contributed by atoms with Gasteiger partial charge in [0.15, 0.2) is 0 Å². The number of carbonyl (C=O) groups excluding carboxylic acids is 1. The Morgan fingerprint density at radius 3 is 2.80 bits per heavy atom. The molecule has 2 bridgehead atoms. The van der Waals surface area contributed by atoms with Gasteiger partial charge in [0, 0.05) is 0 Å². The summed E-state index contributed by atoms with van der Waals surface area (Å²) in [4.78, 5) is 12.0. The van der Waals surface area contributed by atoms with Crippen molar-refractivity contribution in [3.05, 3.63) is 24.8 Å². The lowest BCUT2D eigenvalue weighted by Crippen LogP contribution is -2.49. The summed E-state index contributed by atoms with van der Waals surface area (Å²) >= 11 is 0. The number of hydrogen-bond donors (Lipinski definition) is 1. The van der Waals surface area contributed by atoms with Gasteiger partial charge in [0.1, 0.15) is 5.92 Å². The largest absolute Gasteiger partial charge is 0.466 e. The Morgan fingerprint density at radius 1 is 1.45 bits per heavy atom. The second-order valence-corrected chi connectivity index (χ2v) is 6.64. The number of nitrogens with one attached hydrogen (secondary N) is 1. The second-order valence-electron chi connectivity index (χ2n) is 4.77. The molecule has 2 heterocycles. The van der Waals surface area contributed by atoms with Gasteiger partial charge in [-0.3, -0.25) is 4.79 Å². The number of allylic oxidation sites excluding steroid dienone is 1. The van der Waals surface area contributed by atoms with Gasteiger partial charge < -0.3 is 9.47 Å². The fraction of sp³-hybridized carbons (Fsp3) is 0.615. The first-order valence-electron chi connectivity index (χ1n) is 6.60. The maximum atomic E-state index is 12.0. The molecule has 0 aromatic heterocycles. The monoisotopic (exact) mass is 301 g/mol. The van der Waals surface area contributed by atoms with Gasteiger partial charge >= 0.3 is 5.97 Å². The van der Waals surface area contributed by atoms with Crippen LogP contribution in [0.2, 0.25) is 0 Å². The van der Waals surface area contributed by atoms with Crippen molar-refractivity contribution in [2.75, 3.05) is 12.4 Å². The average molecular weight is 301 g/mol. The van der Waals surface area contributed by atoms with Crippen molar-refractivity contribution in [2.45, 2.75) is 31.6 Å². The number of sulfonamides is 1. The standard InChI is InChI=1S/C13H19NO5S/c1-3-5-8-20(16,17)14-12-10-7-6-9(19-10)11(12)13(15)18-4-2/h3,6-7,9-12,14H,1,4-5,8H2,2H3/t9-,10+,11-,12-/m1/s1. The summed E-state index contributed by atoms with van der Waals surface area (Å²) in [7, 11) is -3.47. The highest BCUT2D eigenvalue weighted by atomic mass is 32.2. The molecule has 0 unspecified atom stereocenters. The Hall–Kier alpha value is -1.18. The molecule has 1 fully saturated rings. The smallest absolute Gasteiger partial charge is 0.313 e. The van der Waals surface area contributed by atoms with Crippen molar-refractivity contribution in [3.8, 4) is 0 Å². The van der Waals surface area contributed by atoms with Crippen LogP contribution in [0, 0.1) is 5.92 Å². The SMILES string of the molecule is C=CCCS(=O)(=O)N[C@H]1[C@H](C(=O)OCC)[C@H]2C=C[C@@H]1O2. The van der Waals surface area contributed by atoms with Crippen LogP contribution in [0.3, 0.4) is 0 Å². The number of carbonyl (C=O) groups is 1. The van der Waals surface area contributed by atoms with Gasteiger partial charge in [-0.1, -0.05) is 18.2 Å². The lowest BCUT2D eigenvalue weighted by atomic mass is 9.90. The molecule has 0 spiro atoms. The van der Waals surface area contributed by atoms with E-state index in [4.69, 9.17) is 9.47 Å². The second kappa shape index (κ2) is 6.07. The minimum atomic E-state index is -3.47. The van der Waals surface area contributed by atoms with Crippen molar-refractivity contribution in [2.24, 2.45) is 5.92 Å². The third-order valence-corrected chi connectivity index (χ3v) is 4.77. The molecular weight excluding hydrogens is 282 g/mol. The highest BCUT2D eigenvalue weighted by Gasteiger charge is 2.51. The van der Waals surface area contributed by atoms with Crippen LogP contribution in [0.4, 0.5) is 0 Å². The van der Waals surface area contributed by atoms with Crippen LogP contribution in [0.5, 0.6) is 0 Å². The van der Waals surface area contributed by atoms with Gasteiger partial charge in [0.2, 0.25) is 10.0 Å². The third-order valence-electron chi connectivity index (χ3n) is 3.36. The molecule has 1 N–H and O–H groups in total. The van der Waals surface area contributed by atoms with Crippen LogP contribution in [-0.4, -0.2) is 45.0 Å². The van der Waals surface area contributed by atoms with E-state index < -0.39 is 40.2 Å². The minimum Gasteiger partial charge on any atom is -0.466 e. The van der Waals surface area contributed by atoms with E-state index in [2.05, 4.69) is 11.3 Å². The van der Waals surface area contributed by atoms with E-state index in [0.717, 1.165) is 0 Å². The summed E-state index contributed by atoms with van der Waals surface area (Å²) in [6.45, 7) is 5.47. The van der Waals surface area contributed by atoms with Crippen molar-refractivity contribution in [1.29, 1.82) is 0 Å². The van der Waals surface area contributed by atoms with E-state index in [-0.39, 0.29) is 12.4 Å². The quantitative estimate of drug-likeness (QED) is 0.542. The highest BCUT2D eigenvalue weighted by molar-refractivity contribution is 7.89. The zero-order chi connectivity index (χ0) is 14.8. The van der Waals surface area contributed by atoms with E-state index in [9.17, 15) is 13.2 Å². The lowest BCUT2D eigenvalue weighted by molar-refractivity contribution is -0.149. The fourth-order valence-electron chi connectivity index (χ4n) is 2.47. The molecule has 7 heteroatoms. The molecule has 2 aliphatic heterocycles. The molecular formula is C13H19NO5S. The van der Waals surface area contributed by atoms with Crippen LogP contribution < -0.4 is 4.72 Å². The summed E-state index contributed by atoms with van der Waals surface area (Å²) in [6.07, 6.45) is 4.64. The Kier molecular flexibility index (Phi) is 4.62. The summed E-state index contributed by atoms with van der Waals surface area (Å²) < 4.78 is 37.0. The molecule has 20 heavy (non-hydrogen) atoms. The summed E-state index contributed by atoms with van der Waals surface area (Å²) in [5.41, 5.74) is 0. The first-order chi connectivity index (χ1) is 9.48. The summed E-state index contributed by atoms with van der Waals surface area (Å²) in [5, 5.41) is 0. The Bertz CT molecular complexity index is 513. The summed E-state index contributed by atoms with van der Waals surface area (Å²) in [6, 6.07) is -0.598. The first kappa shape index (κ1) is 15.2. The predicted octanol–water partition coefficient (Wildman–Crippen LogP) is 0.367. The maximum absolute atomic E-state index is 12.0. The number of fused-ring (bicyclic) bond motifs is 2. The molecule has 0 aromatic carbocycles. The fourth-order valence-corrected chi connectivity index (χ4v) is 3.76. The van der Waals surface area contributed by atoms with E-state index in [1.807, 2.05) is 0 Å². The molecule has 0 aliphatic carbocycles. The van der Waals surface area contributed by atoms with Crippen LogP contribution in [0.25, 0.3) is 0 Å². The van der Waals surface area contributed by atoms with Gasteiger partial charge in [0.25, 0.3) is 0 Å². The molecule has 0 aromatic rings. The maximum Gasteiger partial charge on any atom is 0.313 e. The van der Waals surface area contributed by atoms with Crippen molar-refractivity contribution < 1.29 is 22.7 Å². The predicted molar refractivity (Wildman–Crippen MR) is 73.4 cm³/mol. The molecule has 2 aliphatic rings. The number of esters is 1. The molecule has 4 atom stereocenters. The number of ether oxygens (including phenoxy) is 2. The molecule has 112 valence electrons. The van der Waals surface area contributed by atoms with Crippen molar-refractivity contribution in [1.82, 2.24) is 4.72 Å². The molecule has 0 radical (unpaired) electrons. The van der Waals surface area contributed by atoms with E-state index in [1.54, 1.807) is 25.2 Å². The van der Waals surface area contributed by atoms with Gasteiger partial charge in [-0.15, -0.1) is 6.58 Å². The molecule has 1 saturated heterocycles. The van der Waals surface area contributed by atoms with Crippen LogP contribution in [0.15, 0.2) is 24.8 Å².